The fourth-order valence-corrected chi connectivity index (χ4v) is 6.14. The predicted octanol–water partition coefficient (Wildman–Crippen LogP) is 2.60. The fourth-order valence-electron chi connectivity index (χ4n) is 3.89. The number of hydrogen-bond acceptors (Lipinski definition) is 4. The number of fused-ring (bicyclic) bond motifs is 1. The molecule has 2 aromatic rings. The SMILES string of the molecule is O=C1CN(Cc2ccc(F)cc2)[C@@H]2CS(=O)(=O)C[C@H]2N1c1ccc(Br)cc1. The molecule has 4 rings (SSSR count). The zero-order valence-corrected chi connectivity index (χ0v) is 16.8. The first kappa shape index (κ1) is 18.6. The van der Waals surface area contributed by atoms with Gasteiger partial charge in [-0.3, -0.25) is 9.69 Å². The second-order valence-corrected chi connectivity index (χ2v) is 10.1. The van der Waals surface area contributed by atoms with E-state index in [0.717, 1.165) is 10.0 Å². The van der Waals surface area contributed by atoms with Crippen LogP contribution in [-0.2, 0) is 21.2 Å². The molecule has 0 aliphatic carbocycles. The fraction of sp³-hybridized carbons (Fsp3) is 0.316. The lowest BCUT2D eigenvalue weighted by atomic mass is 10.0. The van der Waals surface area contributed by atoms with E-state index in [4.69, 9.17) is 0 Å². The molecule has 5 nitrogen and oxygen atoms in total. The van der Waals surface area contributed by atoms with Crippen LogP contribution in [-0.4, -0.2) is 49.4 Å². The van der Waals surface area contributed by atoms with Gasteiger partial charge in [-0.1, -0.05) is 28.1 Å². The van der Waals surface area contributed by atoms with Crippen molar-refractivity contribution in [1.82, 2.24) is 4.90 Å². The van der Waals surface area contributed by atoms with Gasteiger partial charge < -0.3 is 4.90 Å². The van der Waals surface area contributed by atoms with Gasteiger partial charge in [0, 0.05) is 22.7 Å². The van der Waals surface area contributed by atoms with Crippen molar-refractivity contribution in [3.63, 3.8) is 0 Å². The average Bonchev–Trinajstić information content (AvgIpc) is 2.93. The van der Waals surface area contributed by atoms with Crippen LogP contribution >= 0.6 is 15.9 Å². The number of halogens is 2. The van der Waals surface area contributed by atoms with Gasteiger partial charge in [0.2, 0.25) is 5.91 Å². The van der Waals surface area contributed by atoms with Crippen LogP contribution in [0.1, 0.15) is 5.56 Å². The minimum Gasteiger partial charge on any atom is -0.306 e. The Hall–Kier alpha value is -1.77. The van der Waals surface area contributed by atoms with Crippen molar-refractivity contribution in [2.45, 2.75) is 18.6 Å². The molecule has 2 aromatic carbocycles. The standard InChI is InChI=1S/C19H18BrFN2O3S/c20-14-3-7-16(8-4-14)23-18-12-27(25,26)11-17(18)22(10-19(23)24)9-13-1-5-15(21)6-2-13/h1-8,17-18H,9-12H2/t17-,18-/m1/s1. The van der Waals surface area contributed by atoms with Gasteiger partial charge in [-0.05, 0) is 42.0 Å². The maximum atomic E-state index is 13.2. The zero-order chi connectivity index (χ0) is 19.2. The quantitative estimate of drug-likeness (QED) is 0.717. The molecule has 2 saturated heterocycles. The van der Waals surface area contributed by atoms with Crippen molar-refractivity contribution >= 4 is 37.4 Å². The Balaban J connectivity index is 1.65. The number of anilines is 1. The first-order valence-electron chi connectivity index (χ1n) is 8.59. The molecule has 8 heteroatoms. The molecule has 27 heavy (non-hydrogen) atoms. The summed E-state index contributed by atoms with van der Waals surface area (Å²) in [6.07, 6.45) is 0. The van der Waals surface area contributed by atoms with E-state index in [1.807, 2.05) is 29.2 Å². The van der Waals surface area contributed by atoms with Gasteiger partial charge in [-0.15, -0.1) is 0 Å². The first-order valence-corrected chi connectivity index (χ1v) is 11.2. The van der Waals surface area contributed by atoms with E-state index in [1.54, 1.807) is 17.0 Å². The maximum Gasteiger partial charge on any atom is 0.241 e. The molecule has 2 heterocycles. The van der Waals surface area contributed by atoms with E-state index in [1.165, 1.54) is 12.1 Å². The van der Waals surface area contributed by atoms with Crippen LogP contribution in [0, 0.1) is 5.82 Å². The largest absolute Gasteiger partial charge is 0.306 e. The number of carbonyl (C=O) groups is 1. The normalized spacial score (nSPS) is 24.8. The molecule has 142 valence electrons. The van der Waals surface area contributed by atoms with Crippen LogP contribution in [0.4, 0.5) is 10.1 Å². The summed E-state index contributed by atoms with van der Waals surface area (Å²) in [5.74, 6) is -0.465. The summed E-state index contributed by atoms with van der Waals surface area (Å²) in [6.45, 7) is 0.543. The highest BCUT2D eigenvalue weighted by Gasteiger charge is 2.49. The number of sulfone groups is 1. The van der Waals surface area contributed by atoms with E-state index in [2.05, 4.69) is 15.9 Å². The molecule has 2 fully saturated rings. The molecule has 0 bridgehead atoms. The Labute approximate surface area is 165 Å². The summed E-state index contributed by atoms with van der Waals surface area (Å²) in [5, 5.41) is 0. The van der Waals surface area contributed by atoms with Gasteiger partial charge in [0.1, 0.15) is 5.82 Å². The lowest BCUT2D eigenvalue weighted by molar-refractivity contribution is -0.123. The Kier molecular flexibility index (Phi) is 4.82. The molecular formula is C19H18BrFN2O3S. The molecular weight excluding hydrogens is 435 g/mol. The van der Waals surface area contributed by atoms with E-state index in [0.29, 0.717) is 12.2 Å². The van der Waals surface area contributed by atoms with Gasteiger partial charge in [0.15, 0.2) is 9.84 Å². The topological polar surface area (TPSA) is 57.7 Å². The molecule has 2 aliphatic heterocycles. The van der Waals surface area contributed by atoms with Gasteiger partial charge in [0.05, 0.1) is 24.1 Å². The number of amides is 1. The molecule has 0 unspecified atom stereocenters. The second kappa shape index (κ2) is 7.00. The van der Waals surface area contributed by atoms with Crippen LogP contribution in [0.3, 0.4) is 0 Å². The van der Waals surface area contributed by atoms with Crippen molar-refractivity contribution in [3.8, 4) is 0 Å². The van der Waals surface area contributed by atoms with Crippen LogP contribution in [0.5, 0.6) is 0 Å². The molecule has 2 aliphatic rings. The van der Waals surface area contributed by atoms with Crippen molar-refractivity contribution in [2.24, 2.45) is 0 Å². The van der Waals surface area contributed by atoms with Gasteiger partial charge in [0.25, 0.3) is 0 Å². The summed E-state index contributed by atoms with van der Waals surface area (Å²) >= 11 is 3.38. The number of hydrogen-bond donors (Lipinski definition) is 0. The van der Waals surface area contributed by atoms with Crippen LogP contribution < -0.4 is 4.90 Å². The number of rotatable bonds is 3. The summed E-state index contributed by atoms with van der Waals surface area (Å²) in [4.78, 5) is 16.4. The lowest BCUT2D eigenvalue weighted by Gasteiger charge is -2.43. The van der Waals surface area contributed by atoms with Crippen molar-refractivity contribution in [3.05, 3.63) is 64.4 Å². The van der Waals surface area contributed by atoms with Crippen molar-refractivity contribution < 1.29 is 17.6 Å². The minimum absolute atomic E-state index is 0.0270. The Bertz CT molecular complexity index is 963. The van der Waals surface area contributed by atoms with Crippen LogP contribution in [0.15, 0.2) is 53.0 Å². The van der Waals surface area contributed by atoms with Gasteiger partial charge >= 0.3 is 0 Å². The molecule has 0 aromatic heterocycles. The summed E-state index contributed by atoms with van der Waals surface area (Å²) in [5.41, 5.74) is 1.56. The lowest BCUT2D eigenvalue weighted by Crippen LogP contribution is -2.61. The van der Waals surface area contributed by atoms with E-state index >= 15 is 0 Å². The van der Waals surface area contributed by atoms with Gasteiger partial charge in [-0.2, -0.15) is 0 Å². The van der Waals surface area contributed by atoms with E-state index < -0.39 is 15.9 Å². The Morgan fingerprint density at radius 1 is 1.00 bits per heavy atom. The van der Waals surface area contributed by atoms with Crippen LogP contribution in [0.2, 0.25) is 0 Å². The predicted molar refractivity (Wildman–Crippen MR) is 105 cm³/mol. The van der Waals surface area contributed by atoms with Gasteiger partial charge in [-0.25, -0.2) is 12.8 Å². The highest BCUT2D eigenvalue weighted by molar-refractivity contribution is 9.10. The zero-order valence-electron chi connectivity index (χ0n) is 14.4. The number of carbonyl (C=O) groups excluding carboxylic acids is 1. The number of piperazine rings is 1. The molecule has 1 amide bonds. The third-order valence-electron chi connectivity index (χ3n) is 5.10. The maximum absolute atomic E-state index is 13.2. The third-order valence-corrected chi connectivity index (χ3v) is 7.33. The smallest absolute Gasteiger partial charge is 0.241 e. The number of benzene rings is 2. The molecule has 0 spiro atoms. The Morgan fingerprint density at radius 3 is 2.30 bits per heavy atom. The van der Waals surface area contributed by atoms with Crippen LogP contribution in [0.25, 0.3) is 0 Å². The number of nitrogens with zero attached hydrogens (tertiary/aromatic N) is 2. The second-order valence-electron chi connectivity index (χ2n) is 6.98. The highest BCUT2D eigenvalue weighted by Crippen LogP contribution is 2.33. The minimum atomic E-state index is -3.24. The first-order chi connectivity index (χ1) is 12.8. The highest BCUT2D eigenvalue weighted by atomic mass is 79.9. The third kappa shape index (κ3) is 3.79. The monoisotopic (exact) mass is 452 g/mol. The molecule has 2 atom stereocenters. The average molecular weight is 453 g/mol. The molecule has 0 N–H and O–H groups in total. The van der Waals surface area contributed by atoms with Crippen molar-refractivity contribution in [2.75, 3.05) is 23.0 Å². The molecule has 0 radical (unpaired) electrons. The summed E-state index contributed by atoms with van der Waals surface area (Å²) in [6, 6.07) is 12.7. The van der Waals surface area contributed by atoms with Crippen molar-refractivity contribution in [1.29, 1.82) is 0 Å². The van der Waals surface area contributed by atoms with E-state index in [-0.39, 0.29) is 35.8 Å². The summed E-state index contributed by atoms with van der Waals surface area (Å²) < 4.78 is 38.8. The van der Waals surface area contributed by atoms with E-state index in [9.17, 15) is 17.6 Å². The Morgan fingerprint density at radius 2 is 1.63 bits per heavy atom. The summed E-state index contributed by atoms with van der Waals surface area (Å²) in [7, 11) is -3.24. The molecule has 0 saturated carbocycles.